The minimum Gasteiger partial charge on any atom is 1.00 e. The number of hydrogen-bond acceptors (Lipinski definition) is 0. The van der Waals surface area contributed by atoms with E-state index in [0.29, 0.717) is 0 Å². The van der Waals surface area contributed by atoms with Gasteiger partial charge >= 0.3 is 192 Å². The summed E-state index contributed by atoms with van der Waals surface area (Å²) in [5.41, 5.74) is 0. The molecule has 4 heavy (non-hydrogen) atoms. The first-order valence-electron chi connectivity index (χ1n) is 0. The molecule has 0 aromatic carbocycles. The molecular weight excluding hydrogens is 157 g/mol. The fraction of sp³-hybridized carbons (Fsp3) is 0. The molecule has 0 aliphatic carbocycles. The zero-order chi connectivity index (χ0) is 0. The van der Waals surface area contributed by atoms with Crippen LogP contribution in [0.25, 0.3) is 0 Å². The van der Waals surface area contributed by atoms with E-state index in [9.17, 15) is 0 Å². The number of rotatable bonds is 0. The van der Waals surface area contributed by atoms with Gasteiger partial charge in [0.1, 0.15) is 0 Å². The molecule has 0 radical (unpaired) electrons. The average Bonchev–Trinajstić information content (AvgIpc) is 0. The Morgan fingerprint density at radius 3 is 0.500 bits per heavy atom. The molecule has 0 fully saturated rings. The molecule has 4 heteroatoms. The Kier molecular flexibility index (Phi) is 90.3. The maximum absolute atomic E-state index is 0. The molecule has 0 aromatic rings. The first-order chi connectivity index (χ1) is 0. The Labute approximate surface area is 184 Å². The zero-order valence-corrected chi connectivity index (χ0v) is 15.3. The van der Waals surface area contributed by atoms with Crippen molar-refractivity contribution in [1.82, 2.24) is 0 Å². The van der Waals surface area contributed by atoms with Gasteiger partial charge < -0.3 is 0 Å². The smallest absolute Gasteiger partial charge is 1.00 e. The summed E-state index contributed by atoms with van der Waals surface area (Å²) in [6.45, 7) is 0. The van der Waals surface area contributed by atoms with E-state index in [1.54, 1.807) is 0 Å². The molecule has 0 aliphatic rings. The van der Waals surface area contributed by atoms with E-state index in [0.717, 1.165) is 0 Å². The van der Waals surface area contributed by atoms with E-state index < -0.39 is 0 Å². The third-order valence-electron chi connectivity index (χ3n) is 0. The van der Waals surface area contributed by atoms with E-state index in [2.05, 4.69) is 0 Å². The van der Waals surface area contributed by atoms with E-state index in [1.165, 1.54) is 0 Å². The van der Waals surface area contributed by atoms with E-state index in [-0.39, 0.29) is 192 Å². The molecule has 0 aromatic heterocycles. The standard InChI is InChI=1S/Ca.3K/q+2;3*+1. The van der Waals surface area contributed by atoms with Gasteiger partial charge in [-0.3, -0.25) is 0 Å². The molecule has 0 aliphatic heterocycles. The quantitative estimate of drug-likeness (QED) is 0.306. The third kappa shape index (κ3) is 11.0. The van der Waals surface area contributed by atoms with E-state index in [4.69, 9.17) is 0 Å². The maximum atomic E-state index is 0. The van der Waals surface area contributed by atoms with E-state index >= 15 is 0 Å². The Balaban J connectivity index is 0. The van der Waals surface area contributed by atoms with Crippen LogP contribution in [0.2, 0.25) is 0 Å². The molecule has 0 amide bonds. The van der Waals surface area contributed by atoms with E-state index in [1.807, 2.05) is 0 Å². The fourth-order valence-electron chi connectivity index (χ4n) is 0. The van der Waals surface area contributed by atoms with Crippen molar-refractivity contribution < 1.29 is 154 Å². The molecule has 0 spiro atoms. The molecule has 0 heterocycles. The van der Waals surface area contributed by atoms with Gasteiger partial charge in [0, 0.05) is 0 Å². The molecule has 0 N–H and O–H groups in total. The van der Waals surface area contributed by atoms with Crippen LogP contribution in [0.15, 0.2) is 0 Å². The summed E-state index contributed by atoms with van der Waals surface area (Å²) < 4.78 is 0. The Hall–Kier alpha value is 6.17. The zero-order valence-electron chi connectivity index (χ0n) is 3.71. The normalized spacial score (nSPS) is 0. The molecule has 0 saturated heterocycles. The van der Waals surface area contributed by atoms with Gasteiger partial charge in [0.05, 0.1) is 0 Å². The predicted molar refractivity (Wildman–Crippen MR) is 5.75 cm³/mol. The minimum atomic E-state index is 0. The van der Waals surface area contributed by atoms with Crippen molar-refractivity contribution in [2.24, 2.45) is 0 Å². The summed E-state index contributed by atoms with van der Waals surface area (Å²) in [6.07, 6.45) is 0. The van der Waals surface area contributed by atoms with Gasteiger partial charge in [-0.15, -0.1) is 0 Å². The Morgan fingerprint density at radius 2 is 0.500 bits per heavy atom. The van der Waals surface area contributed by atoms with Crippen LogP contribution in [-0.4, -0.2) is 37.7 Å². The van der Waals surface area contributed by atoms with Gasteiger partial charge in [-0.05, 0) is 0 Å². The van der Waals surface area contributed by atoms with Crippen LogP contribution in [0, 0.1) is 0 Å². The van der Waals surface area contributed by atoms with Crippen molar-refractivity contribution in [3.8, 4) is 0 Å². The van der Waals surface area contributed by atoms with Crippen LogP contribution in [-0.2, 0) is 0 Å². The molecule has 0 nitrogen and oxygen atoms in total. The predicted octanol–water partition coefficient (Wildman–Crippen LogP) is -9.37. The molecule has 0 rings (SSSR count). The van der Waals surface area contributed by atoms with Crippen molar-refractivity contribution >= 4 is 37.7 Å². The molecular formula is CaK3+5. The third-order valence-corrected chi connectivity index (χ3v) is 0. The summed E-state index contributed by atoms with van der Waals surface area (Å²) in [5.74, 6) is 0. The van der Waals surface area contributed by atoms with Crippen LogP contribution in [0.5, 0.6) is 0 Å². The van der Waals surface area contributed by atoms with Crippen LogP contribution in [0.1, 0.15) is 0 Å². The molecule has 0 saturated carbocycles. The summed E-state index contributed by atoms with van der Waals surface area (Å²) >= 11 is 0. The molecule has 0 unspecified atom stereocenters. The van der Waals surface area contributed by atoms with Gasteiger partial charge in [0.15, 0.2) is 0 Å². The monoisotopic (exact) mass is 157 g/mol. The minimum absolute atomic E-state index is 0. The second kappa shape index (κ2) is 16.1. The van der Waals surface area contributed by atoms with Crippen molar-refractivity contribution in [2.45, 2.75) is 0 Å². The molecule has 0 bridgehead atoms. The Bertz CT molecular complexity index is 3.25. The topological polar surface area (TPSA) is 0 Å². The van der Waals surface area contributed by atoms with Crippen LogP contribution in [0.3, 0.4) is 0 Å². The van der Waals surface area contributed by atoms with Gasteiger partial charge in [-0.2, -0.15) is 0 Å². The average molecular weight is 157 g/mol. The second-order valence-electron chi connectivity index (χ2n) is 0. The van der Waals surface area contributed by atoms with Crippen molar-refractivity contribution in [1.29, 1.82) is 0 Å². The SMILES string of the molecule is [Ca+2].[K+].[K+].[K+]. The summed E-state index contributed by atoms with van der Waals surface area (Å²) in [5, 5.41) is 0. The van der Waals surface area contributed by atoms with Crippen molar-refractivity contribution in [3.63, 3.8) is 0 Å². The van der Waals surface area contributed by atoms with Crippen molar-refractivity contribution in [2.75, 3.05) is 0 Å². The first kappa shape index (κ1) is 22.5. The van der Waals surface area contributed by atoms with Gasteiger partial charge in [-0.1, -0.05) is 0 Å². The van der Waals surface area contributed by atoms with Gasteiger partial charge in [0.2, 0.25) is 0 Å². The largest absolute Gasteiger partial charge is 2.00 e. The molecule has 0 valence electrons. The summed E-state index contributed by atoms with van der Waals surface area (Å²) in [4.78, 5) is 0. The first-order valence-corrected chi connectivity index (χ1v) is 0. The van der Waals surface area contributed by atoms with Crippen LogP contribution < -0.4 is 154 Å². The van der Waals surface area contributed by atoms with Gasteiger partial charge in [0.25, 0.3) is 0 Å². The molecule has 0 atom stereocenters. The fourth-order valence-corrected chi connectivity index (χ4v) is 0. The van der Waals surface area contributed by atoms with Crippen LogP contribution >= 0.6 is 0 Å². The van der Waals surface area contributed by atoms with Crippen molar-refractivity contribution in [3.05, 3.63) is 0 Å². The summed E-state index contributed by atoms with van der Waals surface area (Å²) in [6, 6.07) is 0. The second-order valence-corrected chi connectivity index (χ2v) is 0. The Morgan fingerprint density at radius 1 is 0.500 bits per heavy atom. The van der Waals surface area contributed by atoms with Crippen LogP contribution in [0.4, 0.5) is 0 Å². The maximum Gasteiger partial charge on any atom is 2.00 e. The van der Waals surface area contributed by atoms with Gasteiger partial charge in [-0.25, -0.2) is 0 Å². The summed E-state index contributed by atoms with van der Waals surface area (Å²) in [7, 11) is 0. The number of hydrogen-bond donors (Lipinski definition) is 0.